The molecular weight excluding hydrogens is 232 g/mol. The molecule has 90 valence electrons. The van der Waals surface area contributed by atoms with E-state index in [1.165, 1.54) is 28.2 Å². The average Bonchev–Trinajstić information content (AvgIpc) is 2.92. The van der Waals surface area contributed by atoms with Crippen molar-refractivity contribution < 1.29 is 4.42 Å². The molecule has 1 N–H and O–H groups in total. The standard InChI is InChI=1S/C13H16N2OS/c1-8-5-12(17-9(8)2)13-11(15-7-16-13)6-14-10-3-4-10/h5,7,10,14H,3-4,6H2,1-2H3. The first-order chi connectivity index (χ1) is 8.24. The number of nitrogens with one attached hydrogen (secondary N) is 1. The van der Waals surface area contributed by atoms with Crippen molar-refractivity contribution >= 4 is 11.3 Å². The van der Waals surface area contributed by atoms with Crippen LogP contribution in [0.5, 0.6) is 0 Å². The van der Waals surface area contributed by atoms with E-state index in [0.29, 0.717) is 6.04 Å². The van der Waals surface area contributed by atoms with E-state index in [0.717, 1.165) is 18.0 Å². The van der Waals surface area contributed by atoms with Crippen LogP contribution in [0, 0.1) is 13.8 Å². The lowest BCUT2D eigenvalue weighted by atomic mass is 10.2. The second-order valence-electron chi connectivity index (χ2n) is 4.63. The lowest BCUT2D eigenvalue weighted by Crippen LogP contribution is -2.15. The van der Waals surface area contributed by atoms with Crippen LogP contribution in [0.2, 0.25) is 0 Å². The van der Waals surface area contributed by atoms with Crippen molar-refractivity contribution in [2.24, 2.45) is 0 Å². The summed E-state index contributed by atoms with van der Waals surface area (Å²) in [6.07, 6.45) is 4.14. The van der Waals surface area contributed by atoms with Gasteiger partial charge >= 0.3 is 0 Å². The quantitative estimate of drug-likeness (QED) is 0.902. The van der Waals surface area contributed by atoms with Gasteiger partial charge in [0.15, 0.2) is 12.2 Å². The first-order valence-corrected chi connectivity index (χ1v) is 6.79. The van der Waals surface area contributed by atoms with Crippen LogP contribution in [-0.4, -0.2) is 11.0 Å². The van der Waals surface area contributed by atoms with Crippen LogP contribution >= 0.6 is 11.3 Å². The molecule has 17 heavy (non-hydrogen) atoms. The molecule has 1 saturated carbocycles. The molecule has 2 aromatic heterocycles. The molecule has 0 aliphatic heterocycles. The first kappa shape index (κ1) is 11.0. The number of aromatic nitrogens is 1. The number of oxazole rings is 1. The molecule has 0 amide bonds. The van der Waals surface area contributed by atoms with E-state index >= 15 is 0 Å². The molecule has 0 bridgehead atoms. The number of aryl methyl sites for hydroxylation is 2. The highest BCUT2D eigenvalue weighted by Gasteiger charge is 2.22. The van der Waals surface area contributed by atoms with Crippen molar-refractivity contribution in [3.05, 3.63) is 28.6 Å². The van der Waals surface area contributed by atoms with Gasteiger partial charge in [0, 0.05) is 17.5 Å². The van der Waals surface area contributed by atoms with Crippen LogP contribution in [0.25, 0.3) is 10.6 Å². The summed E-state index contributed by atoms with van der Waals surface area (Å²) in [6, 6.07) is 2.88. The molecule has 0 unspecified atom stereocenters. The maximum Gasteiger partial charge on any atom is 0.181 e. The molecule has 0 aromatic carbocycles. The maximum atomic E-state index is 5.53. The van der Waals surface area contributed by atoms with E-state index in [9.17, 15) is 0 Å². The van der Waals surface area contributed by atoms with Gasteiger partial charge in [-0.3, -0.25) is 0 Å². The fourth-order valence-electron chi connectivity index (χ4n) is 1.81. The molecule has 3 rings (SSSR count). The van der Waals surface area contributed by atoms with Gasteiger partial charge in [-0.25, -0.2) is 4.98 Å². The van der Waals surface area contributed by atoms with Crippen molar-refractivity contribution in [2.45, 2.75) is 39.3 Å². The third kappa shape index (κ3) is 2.28. The smallest absolute Gasteiger partial charge is 0.181 e. The molecule has 0 radical (unpaired) electrons. The Balaban J connectivity index is 1.83. The molecule has 1 aliphatic carbocycles. The number of nitrogens with zero attached hydrogens (tertiary/aromatic N) is 1. The summed E-state index contributed by atoms with van der Waals surface area (Å²) in [5.74, 6) is 0.930. The van der Waals surface area contributed by atoms with Crippen LogP contribution in [0.15, 0.2) is 16.9 Å². The summed E-state index contributed by atoms with van der Waals surface area (Å²) in [4.78, 5) is 6.84. The van der Waals surface area contributed by atoms with Gasteiger partial charge in [-0.05, 0) is 38.3 Å². The van der Waals surface area contributed by atoms with E-state index in [2.05, 4.69) is 30.2 Å². The SMILES string of the molecule is Cc1cc(-c2ocnc2CNC2CC2)sc1C. The molecule has 3 nitrogen and oxygen atoms in total. The maximum absolute atomic E-state index is 5.53. The Labute approximate surface area is 105 Å². The zero-order valence-corrected chi connectivity index (χ0v) is 10.9. The van der Waals surface area contributed by atoms with Crippen LogP contribution in [-0.2, 0) is 6.54 Å². The van der Waals surface area contributed by atoms with Gasteiger partial charge in [-0.2, -0.15) is 0 Å². The van der Waals surface area contributed by atoms with Crippen LogP contribution < -0.4 is 5.32 Å². The molecule has 0 atom stereocenters. The molecule has 2 aromatic rings. The summed E-state index contributed by atoms with van der Waals surface area (Å²) in [7, 11) is 0. The second-order valence-corrected chi connectivity index (χ2v) is 5.89. The predicted molar refractivity (Wildman–Crippen MR) is 69.2 cm³/mol. The number of hydrogen-bond acceptors (Lipinski definition) is 4. The molecular formula is C13H16N2OS. The minimum Gasteiger partial charge on any atom is -0.442 e. The number of hydrogen-bond donors (Lipinski definition) is 1. The minimum atomic E-state index is 0.700. The number of thiophene rings is 1. The Morgan fingerprint density at radius 3 is 2.94 bits per heavy atom. The van der Waals surface area contributed by atoms with E-state index < -0.39 is 0 Å². The third-order valence-electron chi connectivity index (χ3n) is 3.17. The van der Waals surface area contributed by atoms with Gasteiger partial charge in [-0.1, -0.05) is 0 Å². The molecule has 0 saturated heterocycles. The Morgan fingerprint density at radius 1 is 1.47 bits per heavy atom. The van der Waals surface area contributed by atoms with E-state index in [4.69, 9.17) is 4.42 Å². The molecule has 1 fully saturated rings. The first-order valence-electron chi connectivity index (χ1n) is 5.97. The zero-order chi connectivity index (χ0) is 11.8. The second kappa shape index (κ2) is 4.27. The van der Waals surface area contributed by atoms with E-state index in [-0.39, 0.29) is 0 Å². The Morgan fingerprint density at radius 2 is 2.29 bits per heavy atom. The van der Waals surface area contributed by atoms with Crippen LogP contribution in [0.3, 0.4) is 0 Å². The van der Waals surface area contributed by atoms with Gasteiger partial charge in [0.1, 0.15) is 5.69 Å². The van der Waals surface area contributed by atoms with Crippen molar-refractivity contribution in [3.63, 3.8) is 0 Å². The van der Waals surface area contributed by atoms with E-state index in [1.807, 2.05) is 0 Å². The summed E-state index contributed by atoms with van der Waals surface area (Å²) in [6.45, 7) is 5.09. The summed E-state index contributed by atoms with van der Waals surface area (Å²) in [5, 5.41) is 3.47. The van der Waals surface area contributed by atoms with Crippen molar-refractivity contribution in [2.75, 3.05) is 0 Å². The lowest BCUT2D eigenvalue weighted by molar-refractivity contribution is 0.570. The van der Waals surface area contributed by atoms with Crippen LogP contribution in [0.4, 0.5) is 0 Å². The summed E-state index contributed by atoms with van der Waals surface area (Å²) >= 11 is 1.77. The van der Waals surface area contributed by atoms with E-state index in [1.54, 1.807) is 17.7 Å². The third-order valence-corrected chi connectivity index (χ3v) is 4.32. The molecule has 4 heteroatoms. The Hall–Kier alpha value is -1.13. The minimum absolute atomic E-state index is 0.700. The van der Waals surface area contributed by atoms with Gasteiger partial charge in [0.05, 0.1) is 4.88 Å². The molecule has 2 heterocycles. The van der Waals surface area contributed by atoms with Crippen LogP contribution in [0.1, 0.15) is 29.0 Å². The van der Waals surface area contributed by atoms with Crippen molar-refractivity contribution in [1.29, 1.82) is 0 Å². The van der Waals surface area contributed by atoms with Gasteiger partial charge in [0.2, 0.25) is 0 Å². The fourth-order valence-corrected chi connectivity index (χ4v) is 2.85. The highest BCUT2D eigenvalue weighted by molar-refractivity contribution is 7.15. The molecule has 1 aliphatic rings. The Kier molecular flexibility index (Phi) is 2.76. The zero-order valence-electron chi connectivity index (χ0n) is 10.1. The normalized spacial score (nSPS) is 15.4. The monoisotopic (exact) mass is 248 g/mol. The number of rotatable bonds is 4. The van der Waals surface area contributed by atoms with Gasteiger partial charge in [0.25, 0.3) is 0 Å². The summed E-state index contributed by atoms with van der Waals surface area (Å²) in [5.41, 5.74) is 2.35. The van der Waals surface area contributed by atoms with Gasteiger partial charge < -0.3 is 9.73 Å². The highest BCUT2D eigenvalue weighted by Crippen LogP contribution is 2.32. The highest BCUT2D eigenvalue weighted by atomic mass is 32.1. The van der Waals surface area contributed by atoms with Gasteiger partial charge in [-0.15, -0.1) is 11.3 Å². The molecule has 0 spiro atoms. The lowest BCUT2D eigenvalue weighted by Gasteiger charge is -2.00. The Bertz CT molecular complexity index is 506. The predicted octanol–water partition coefficient (Wildman–Crippen LogP) is 3.27. The average molecular weight is 248 g/mol. The topological polar surface area (TPSA) is 38.1 Å². The van der Waals surface area contributed by atoms with Crippen molar-refractivity contribution in [1.82, 2.24) is 10.3 Å². The van der Waals surface area contributed by atoms with Crippen molar-refractivity contribution in [3.8, 4) is 10.6 Å². The fraction of sp³-hybridized carbons (Fsp3) is 0.462. The summed E-state index contributed by atoms with van der Waals surface area (Å²) < 4.78 is 5.53. The largest absolute Gasteiger partial charge is 0.442 e.